The SMILES string of the molecule is Cc1cc(C)cc(NC(N)=NCc2cccc(C(=O)NC(C)(C)C)c2)c1.I. The van der Waals surface area contributed by atoms with Gasteiger partial charge in [-0.15, -0.1) is 24.0 Å². The van der Waals surface area contributed by atoms with Crippen LogP contribution in [0, 0.1) is 13.8 Å². The summed E-state index contributed by atoms with van der Waals surface area (Å²) in [6.07, 6.45) is 0. The number of carbonyl (C=O) groups is 1. The van der Waals surface area contributed by atoms with Crippen LogP contribution in [0.4, 0.5) is 5.69 Å². The average molecular weight is 480 g/mol. The van der Waals surface area contributed by atoms with Crippen LogP contribution in [0.1, 0.15) is 47.8 Å². The van der Waals surface area contributed by atoms with Gasteiger partial charge in [-0.1, -0.05) is 18.2 Å². The van der Waals surface area contributed by atoms with Gasteiger partial charge in [0.15, 0.2) is 5.96 Å². The van der Waals surface area contributed by atoms with Crippen LogP contribution in [0.15, 0.2) is 47.5 Å². The predicted molar refractivity (Wildman–Crippen MR) is 124 cm³/mol. The molecule has 6 heteroatoms. The molecule has 0 atom stereocenters. The van der Waals surface area contributed by atoms with Crippen LogP contribution < -0.4 is 16.4 Å². The maximum Gasteiger partial charge on any atom is 0.251 e. The van der Waals surface area contributed by atoms with Gasteiger partial charge in [0.25, 0.3) is 5.91 Å². The van der Waals surface area contributed by atoms with Gasteiger partial charge in [-0.2, -0.15) is 0 Å². The van der Waals surface area contributed by atoms with Crippen LogP contribution in [0.2, 0.25) is 0 Å². The van der Waals surface area contributed by atoms with E-state index < -0.39 is 0 Å². The number of hydrogen-bond acceptors (Lipinski definition) is 2. The Hall–Kier alpha value is -2.09. The lowest BCUT2D eigenvalue weighted by atomic mass is 10.1. The number of rotatable bonds is 4. The van der Waals surface area contributed by atoms with Gasteiger partial charge in [0.05, 0.1) is 6.54 Å². The summed E-state index contributed by atoms with van der Waals surface area (Å²) in [6, 6.07) is 13.6. The van der Waals surface area contributed by atoms with Crippen molar-refractivity contribution in [2.24, 2.45) is 10.7 Å². The largest absolute Gasteiger partial charge is 0.370 e. The molecule has 27 heavy (non-hydrogen) atoms. The molecule has 4 N–H and O–H groups in total. The van der Waals surface area contributed by atoms with E-state index >= 15 is 0 Å². The minimum Gasteiger partial charge on any atom is -0.370 e. The molecular weight excluding hydrogens is 451 g/mol. The molecule has 2 aromatic rings. The second-order valence-corrected chi connectivity index (χ2v) is 7.61. The number of aliphatic imine (C=N–C) groups is 1. The Labute approximate surface area is 178 Å². The second kappa shape index (κ2) is 9.73. The number of anilines is 1. The molecule has 0 saturated carbocycles. The van der Waals surface area contributed by atoms with Gasteiger partial charge in [-0.3, -0.25) is 4.79 Å². The van der Waals surface area contributed by atoms with Crippen LogP contribution in [0.25, 0.3) is 0 Å². The van der Waals surface area contributed by atoms with Gasteiger partial charge in [-0.25, -0.2) is 4.99 Å². The summed E-state index contributed by atoms with van der Waals surface area (Å²) in [5, 5.41) is 6.07. The minimum absolute atomic E-state index is 0. The first-order chi connectivity index (χ1) is 12.1. The number of amides is 1. The molecule has 2 aromatic carbocycles. The molecule has 0 radical (unpaired) electrons. The molecule has 0 aliphatic carbocycles. The lowest BCUT2D eigenvalue weighted by molar-refractivity contribution is 0.0919. The van der Waals surface area contributed by atoms with E-state index in [0.29, 0.717) is 18.1 Å². The molecule has 0 aliphatic rings. The third-order valence-corrected chi connectivity index (χ3v) is 3.60. The summed E-state index contributed by atoms with van der Waals surface area (Å²) in [5.74, 6) is 0.254. The van der Waals surface area contributed by atoms with E-state index in [2.05, 4.69) is 21.7 Å². The van der Waals surface area contributed by atoms with Crippen LogP contribution in [0.3, 0.4) is 0 Å². The highest BCUT2D eigenvalue weighted by Crippen LogP contribution is 2.14. The Morgan fingerprint density at radius 2 is 1.70 bits per heavy atom. The predicted octanol–water partition coefficient (Wildman–Crippen LogP) is 4.38. The van der Waals surface area contributed by atoms with Crippen molar-refractivity contribution < 1.29 is 4.79 Å². The van der Waals surface area contributed by atoms with Crippen molar-refractivity contribution in [2.75, 3.05) is 5.32 Å². The van der Waals surface area contributed by atoms with Crippen LogP contribution in [0.5, 0.6) is 0 Å². The number of hydrogen-bond donors (Lipinski definition) is 3. The van der Waals surface area contributed by atoms with Crippen molar-refractivity contribution in [3.05, 3.63) is 64.7 Å². The third-order valence-electron chi connectivity index (χ3n) is 3.60. The van der Waals surface area contributed by atoms with E-state index in [-0.39, 0.29) is 35.4 Å². The fourth-order valence-electron chi connectivity index (χ4n) is 2.63. The van der Waals surface area contributed by atoms with E-state index in [0.717, 1.165) is 22.4 Å². The van der Waals surface area contributed by atoms with E-state index in [1.807, 2.05) is 65.0 Å². The Bertz CT molecular complexity index is 805. The quantitative estimate of drug-likeness (QED) is 0.345. The van der Waals surface area contributed by atoms with Crippen molar-refractivity contribution in [1.82, 2.24) is 5.32 Å². The van der Waals surface area contributed by atoms with Gasteiger partial charge < -0.3 is 16.4 Å². The molecule has 1 amide bonds. The van der Waals surface area contributed by atoms with Crippen LogP contribution in [-0.2, 0) is 6.54 Å². The topological polar surface area (TPSA) is 79.5 Å². The van der Waals surface area contributed by atoms with Crippen molar-refractivity contribution in [3.63, 3.8) is 0 Å². The first-order valence-electron chi connectivity index (χ1n) is 8.69. The maximum absolute atomic E-state index is 12.3. The minimum atomic E-state index is -0.272. The third kappa shape index (κ3) is 7.99. The molecule has 5 nitrogen and oxygen atoms in total. The Morgan fingerprint density at radius 1 is 1.07 bits per heavy atom. The number of benzene rings is 2. The summed E-state index contributed by atoms with van der Waals surface area (Å²) >= 11 is 0. The zero-order valence-electron chi connectivity index (χ0n) is 16.6. The number of nitrogens with one attached hydrogen (secondary N) is 2. The van der Waals surface area contributed by atoms with Crippen LogP contribution >= 0.6 is 24.0 Å². The number of nitrogens with zero attached hydrogens (tertiary/aromatic N) is 1. The summed E-state index contributed by atoms with van der Waals surface area (Å²) in [6.45, 7) is 10.4. The highest BCUT2D eigenvalue weighted by molar-refractivity contribution is 14.0. The number of aryl methyl sites for hydroxylation is 2. The smallest absolute Gasteiger partial charge is 0.251 e. The van der Waals surface area contributed by atoms with Crippen LogP contribution in [-0.4, -0.2) is 17.4 Å². The molecule has 0 spiro atoms. The lowest BCUT2D eigenvalue weighted by Gasteiger charge is -2.20. The highest BCUT2D eigenvalue weighted by atomic mass is 127. The van der Waals surface area contributed by atoms with E-state index in [9.17, 15) is 4.79 Å². The second-order valence-electron chi connectivity index (χ2n) is 7.61. The fourth-order valence-corrected chi connectivity index (χ4v) is 2.63. The fraction of sp³-hybridized carbons (Fsp3) is 0.333. The zero-order valence-corrected chi connectivity index (χ0v) is 18.9. The van der Waals surface area contributed by atoms with Gasteiger partial charge >= 0.3 is 0 Å². The molecule has 146 valence electrons. The molecule has 0 aliphatic heterocycles. The maximum atomic E-state index is 12.3. The summed E-state index contributed by atoms with van der Waals surface area (Å²) in [5.41, 5.74) is 10.5. The van der Waals surface area contributed by atoms with Gasteiger partial charge in [0, 0.05) is 16.8 Å². The van der Waals surface area contributed by atoms with Gasteiger partial charge in [0.1, 0.15) is 0 Å². The number of carbonyl (C=O) groups excluding carboxylic acids is 1. The van der Waals surface area contributed by atoms with Crippen molar-refractivity contribution >= 4 is 41.5 Å². The highest BCUT2D eigenvalue weighted by Gasteiger charge is 2.15. The number of guanidine groups is 1. The molecule has 0 fully saturated rings. The molecule has 0 saturated heterocycles. The summed E-state index contributed by atoms with van der Waals surface area (Å²) in [4.78, 5) is 16.6. The van der Waals surface area contributed by atoms with Crippen molar-refractivity contribution in [2.45, 2.75) is 46.7 Å². The lowest BCUT2D eigenvalue weighted by Crippen LogP contribution is -2.40. The monoisotopic (exact) mass is 480 g/mol. The molecule has 0 unspecified atom stereocenters. The number of nitrogens with two attached hydrogens (primary N) is 1. The molecule has 0 bridgehead atoms. The standard InChI is InChI=1S/C21H28N4O.HI/c1-14-9-15(2)11-18(10-14)24-20(22)23-13-16-7-6-8-17(12-16)19(26)25-21(3,4)5;/h6-12H,13H2,1-5H3,(H,25,26)(H3,22,23,24);1H. The van der Waals surface area contributed by atoms with Crippen molar-refractivity contribution in [1.29, 1.82) is 0 Å². The average Bonchev–Trinajstić information content (AvgIpc) is 2.50. The van der Waals surface area contributed by atoms with Crippen molar-refractivity contribution in [3.8, 4) is 0 Å². The molecule has 0 aromatic heterocycles. The Kier molecular flexibility index (Phi) is 8.27. The Balaban J connectivity index is 0.00000364. The molecule has 2 rings (SSSR count). The van der Waals surface area contributed by atoms with E-state index in [4.69, 9.17) is 5.73 Å². The van der Waals surface area contributed by atoms with E-state index in [1.54, 1.807) is 6.07 Å². The normalized spacial score (nSPS) is 11.5. The molecular formula is C21H29IN4O. The first-order valence-corrected chi connectivity index (χ1v) is 8.69. The first kappa shape index (κ1) is 23.0. The number of halogens is 1. The summed E-state index contributed by atoms with van der Waals surface area (Å²) < 4.78 is 0. The molecule has 0 heterocycles. The van der Waals surface area contributed by atoms with Gasteiger partial charge in [-0.05, 0) is 75.6 Å². The van der Waals surface area contributed by atoms with E-state index in [1.165, 1.54) is 0 Å². The Morgan fingerprint density at radius 3 is 2.30 bits per heavy atom. The summed E-state index contributed by atoms with van der Waals surface area (Å²) in [7, 11) is 0. The zero-order chi connectivity index (χ0) is 19.3. The van der Waals surface area contributed by atoms with Gasteiger partial charge in [0.2, 0.25) is 0 Å².